The minimum Gasteiger partial charge on any atom is -0.302 e. The molecule has 2 N–H and O–H groups in total. The van der Waals surface area contributed by atoms with Crippen LogP contribution in [0.4, 0.5) is 0 Å². The first-order valence-corrected chi connectivity index (χ1v) is 8.11. The van der Waals surface area contributed by atoms with Crippen molar-refractivity contribution in [2.24, 2.45) is 0 Å². The van der Waals surface area contributed by atoms with E-state index in [1.807, 2.05) is 13.8 Å². The van der Waals surface area contributed by atoms with Crippen molar-refractivity contribution in [1.29, 1.82) is 0 Å². The van der Waals surface area contributed by atoms with E-state index >= 15 is 0 Å². The first kappa shape index (κ1) is 16.0. The highest BCUT2D eigenvalue weighted by Gasteiger charge is 2.15. The van der Waals surface area contributed by atoms with Gasteiger partial charge in [-0.15, -0.1) is 0 Å². The molecule has 0 bridgehead atoms. The highest BCUT2D eigenvalue weighted by Crippen LogP contribution is 2.14. The summed E-state index contributed by atoms with van der Waals surface area (Å²) in [6.45, 7) is 4.00. The number of sulfone groups is 1. The summed E-state index contributed by atoms with van der Waals surface area (Å²) >= 11 is 0. The fraction of sp³-hybridized carbons (Fsp3) is 0.333. The van der Waals surface area contributed by atoms with Crippen LogP contribution in [0.25, 0.3) is 0 Å². The van der Waals surface area contributed by atoms with E-state index in [9.17, 15) is 16.8 Å². The van der Waals surface area contributed by atoms with Gasteiger partial charge in [0.2, 0.25) is 0 Å². The van der Waals surface area contributed by atoms with Crippen LogP contribution in [0, 0.1) is 0 Å². The van der Waals surface area contributed by atoms with Crippen molar-refractivity contribution in [3.05, 3.63) is 24.3 Å². The molecule has 1 aromatic carbocycles. The van der Waals surface area contributed by atoms with Crippen molar-refractivity contribution in [2.45, 2.75) is 23.6 Å². The van der Waals surface area contributed by atoms with Crippen LogP contribution in [0.15, 0.2) is 34.1 Å². The molecule has 0 saturated heterocycles. The fourth-order valence-electron chi connectivity index (χ4n) is 0.925. The minimum atomic E-state index is -4.04. The normalized spacial score (nSPS) is 11.5. The Morgan fingerprint density at radius 1 is 1.06 bits per heavy atom. The second kappa shape index (κ2) is 6.10. The van der Waals surface area contributed by atoms with Crippen molar-refractivity contribution in [2.75, 3.05) is 6.26 Å². The zero-order chi connectivity index (χ0) is 13.7. The third kappa shape index (κ3) is 4.43. The Kier molecular flexibility index (Phi) is 5.76. The van der Waals surface area contributed by atoms with Gasteiger partial charge in [-0.05, 0) is 18.2 Å². The molecule has 98 valence electrons. The Labute approximate surface area is 101 Å². The summed E-state index contributed by atoms with van der Waals surface area (Å²) in [4.78, 5) is 0.675. The molecule has 0 fully saturated rings. The van der Waals surface area contributed by atoms with Crippen LogP contribution in [0.3, 0.4) is 0 Å². The van der Waals surface area contributed by atoms with E-state index in [0.717, 1.165) is 17.2 Å². The number of rotatable bonds is 3. The van der Waals surface area contributed by atoms with Crippen LogP contribution in [-0.4, -0.2) is 28.3 Å². The maximum Gasteiger partial charge on any atom is 0.262 e. The predicted octanol–water partition coefficient (Wildman–Crippen LogP) is 0.784. The highest BCUT2D eigenvalue weighted by molar-refractivity contribution is 7.91. The van der Waals surface area contributed by atoms with Crippen LogP contribution in [0.1, 0.15) is 13.8 Å². The predicted molar refractivity (Wildman–Crippen MR) is 63.0 cm³/mol. The van der Waals surface area contributed by atoms with Crippen LogP contribution in [-0.2, 0) is 19.9 Å². The van der Waals surface area contributed by atoms with E-state index in [4.69, 9.17) is 5.21 Å². The lowest BCUT2D eigenvalue weighted by Gasteiger charge is -2.03. The number of sulfonamides is 1. The summed E-state index contributed by atoms with van der Waals surface area (Å²) in [6, 6.07) is 4.69. The molecule has 17 heavy (non-hydrogen) atoms. The van der Waals surface area contributed by atoms with Crippen molar-refractivity contribution >= 4 is 19.9 Å². The van der Waals surface area contributed by atoms with Crippen molar-refractivity contribution in [1.82, 2.24) is 4.89 Å². The summed E-state index contributed by atoms with van der Waals surface area (Å²) in [7, 11) is -7.51. The van der Waals surface area contributed by atoms with Gasteiger partial charge in [-0.1, -0.05) is 24.8 Å². The maximum absolute atomic E-state index is 11.1. The zero-order valence-corrected chi connectivity index (χ0v) is 11.3. The van der Waals surface area contributed by atoms with Gasteiger partial charge in [0.1, 0.15) is 0 Å². The third-order valence-corrected chi connectivity index (χ3v) is 3.89. The summed E-state index contributed by atoms with van der Waals surface area (Å²) in [5, 5.41) is 8.35. The molecule has 0 atom stereocenters. The highest BCUT2D eigenvalue weighted by atomic mass is 32.2. The summed E-state index contributed by atoms with van der Waals surface area (Å²) in [6.07, 6.45) is 0.963. The van der Waals surface area contributed by atoms with E-state index < -0.39 is 19.9 Å². The lowest BCUT2D eigenvalue weighted by Crippen LogP contribution is -2.19. The Hall–Kier alpha value is -0.960. The summed E-state index contributed by atoms with van der Waals surface area (Å²) in [5.41, 5.74) is 0. The van der Waals surface area contributed by atoms with Crippen molar-refractivity contribution < 1.29 is 22.0 Å². The van der Waals surface area contributed by atoms with Gasteiger partial charge in [-0.25, -0.2) is 16.8 Å². The van der Waals surface area contributed by atoms with Gasteiger partial charge in [0.15, 0.2) is 9.84 Å². The van der Waals surface area contributed by atoms with Gasteiger partial charge < -0.3 is 5.21 Å². The average molecular weight is 281 g/mol. The summed E-state index contributed by atoms with van der Waals surface area (Å²) < 4.78 is 44.5. The lowest BCUT2D eigenvalue weighted by molar-refractivity contribution is 0.242. The van der Waals surface area contributed by atoms with E-state index in [1.54, 1.807) is 0 Å². The van der Waals surface area contributed by atoms with Crippen LogP contribution >= 0.6 is 0 Å². The quantitative estimate of drug-likeness (QED) is 0.797. The molecule has 0 aliphatic heterocycles. The lowest BCUT2D eigenvalue weighted by atomic mass is 10.4. The second-order valence-electron chi connectivity index (χ2n) is 2.84. The van der Waals surface area contributed by atoms with Gasteiger partial charge in [-0.3, -0.25) is 0 Å². The van der Waals surface area contributed by atoms with Crippen molar-refractivity contribution in [3.8, 4) is 0 Å². The topological polar surface area (TPSA) is 101 Å². The molecule has 1 aromatic rings. The van der Waals surface area contributed by atoms with Crippen LogP contribution in [0.2, 0.25) is 0 Å². The first-order chi connectivity index (χ1) is 7.77. The van der Waals surface area contributed by atoms with Gasteiger partial charge in [0.05, 0.1) is 9.79 Å². The van der Waals surface area contributed by atoms with Crippen LogP contribution < -0.4 is 4.89 Å². The summed E-state index contributed by atoms with van der Waals surface area (Å²) in [5.74, 6) is 0. The molecule has 6 nitrogen and oxygen atoms in total. The minimum absolute atomic E-state index is 0.126. The van der Waals surface area contributed by atoms with Gasteiger partial charge in [-0.2, -0.15) is 0 Å². The maximum atomic E-state index is 11.1. The number of hydrogen-bond acceptors (Lipinski definition) is 5. The SMILES string of the molecule is CC.CS(=O)(=O)c1cccc(S(=O)(=O)NO)c1. The molecule has 0 amide bonds. The number of hydrogen-bond donors (Lipinski definition) is 2. The molecule has 0 saturated carbocycles. The molecular formula is C9H15NO5S2. The molecule has 0 unspecified atom stereocenters. The van der Waals surface area contributed by atoms with E-state index in [1.165, 1.54) is 18.2 Å². The number of benzene rings is 1. The Balaban J connectivity index is 0.00000121. The van der Waals surface area contributed by atoms with Crippen LogP contribution in [0.5, 0.6) is 0 Å². The molecule has 0 spiro atoms. The standard InChI is InChI=1S/C7H9NO5S2.C2H6/c1-14(10,11)6-3-2-4-7(5-6)15(12,13)8-9;1-2/h2-5,8-9H,1H3;1-2H3. The largest absolute Gasteiger partial charge is 0.302 e. The van der Waals surface area contributed by atoms with Gasteiger partial charge in [0, 0.05) is 6.26 Å². The van der Waals surface area contributed by atoms with Gasteiger partial charge >= 0.3 is 0 Å². The molecule has 8 heteroatoms. The second-order valence-corrected chi connectivity index (χ2v) is 6.52. The zero-order valence-electron chi connectivity index (χ0n) is 9.71. The molecule has 0 aromatic heterocycles. The van der Waals surface area contributed by atoms with E-state index in [0.29, 0.717) is 0 Å². The fourth-order valence-corrected chi connectivity index (χ4v) is 2.31. The average Bonchev–Trinajstić information content (AvgIpc) is 2.31. The smallest absolute Gasteiger partial charge is 0.262 e. The Morgan fingerprint density at radius 3 is 1.94 bits per heavy atom. The molecule has 0 aliphatic carbocycles. The molecule has 1 rings (SSSR count). The number of nitrogens with one attached hydrogen (secondary N) is 1. The Bertz CT molecular complexity index is 563. The molecule has 0 radical (unpaired) electrons. The first-order valence-electron chi connectivity index (χ1n) is 4.73. The molecule has 0 aliphatic rings. The Morgan fingerprint density at radius 2 is 1.53 bits per heavy atom. The monoisotopic (exact) mass is 281 g/mol. The van der Waals surface area contributed by atoms with Crippen molar-refractivity contribution in [3.63, 3.8) is 0 Å². The van der Waals surface area contributed by atoms with E-state index in [-0.39, 0.29) is 9.79 Å². The van der Waals surface area contributed by atoms with Gasteiger partial charge in [0.25, 0.3) is 10.0 Å². The molecular weight excluding hydrogens is 266 g/mol. The molecule has 0 heterocycles. The third-order valence-electron chi connectivity index (χ3n) is 1.66. The van der Waals surface area contributed by atoms with E-state index in [2.05, 4.69) is 0 Å².